The number of nitrogens with one attached hydrogen (secondary N) is 2. The van der Waals surface area contributed by atoms with Gasteiger partial charge in [-0.2, -0.15) is 11.3 Å². The second-order valence-electron chi connectivity index (χ2n) is 4.38. The van der Waals surface area contributed by atoms with E-state index in [-0.39, 0.29) is 0 Å². The van der Waals surface area contributed by atoms with Gasteiger partial charge in [-0.15, -0.1) is 0 Å². The van der Waals surface area contributed by atoms with Crippen molar-refractivity contribution in [1.29, 1.82) is 0 Å². The second kappa shape index (κ2) is 5.86. The molecule has 100 valence electrons. The van der Waals surface area contributed by atoms with Crippen LogP contribution >= 0.6 is 11.3 Å². The molecule has 6 heteroatoms. The smallest absolute Gasteiger partial charge is 0.329 e. The fourth-order valence-electron chi connectivity index (χ4n) is 1.33. The Hall–Kier alpha value is -1.56. The topological polar surface area (TPSA) is 78.4 Å². The first-order valence-corrected chi connectivity index (χ1v) is 6.64. The number of carbonyl (C=O) groups excluding carboxylic acids is 1. The molecule has 0 fully saturated rings. The van der Waals surface area contributed by atoms with Crippen LogP contribution in [0.2, 0.25) is 0 Å². The quantitative estimate of drug-likeness (QED) is 0.766. The maximum absolute atomic E-state index is 11.6. The fourth-order valence-corrected chi connectivity index (χ4v) is 2.19. The number of carboxylic acids is 1. The first kappa shape index (κ1) is 14.5. The van der Waals surface area contributed by atoms with E-state index in [9.17, 15) is 9.59 Å². The third-order valence-corrected chi connectivity index (χ3v) is 3.88. The number of aliphatic carboxylic acids is 1. The first-order valence-electron chi connectivity index (χ1n) is 5.70. The molecule has 1 heterocycles. The molecule has 1 atom stereocenters. The summed E-state index contributed by atoms with van der Waals surface area (Å²) in [5.74, 6) is -1.04. The van der Waals surface area contributed by atoms with E-state index < -0.39 is 17.5 Å². The monoisotopic (exact) mass is 270 g/mol. The van der Waals surface area contributed by atoms with Crippen LogP contribution in [0.25, 0.3) is 0 Å². The van der Waals surface area contributed by atoms with Crippen LogP contribution in [0.15, 0.2) is 10.8 Å². The van der Waals surface area contributed by atoms with Crippen LogP contribution in [0.1, 0.15) is 31.4 Å². The Bertz CT molecular complexity index is 444. The summed E-state index contributed by atoms with van der Waals surface area (Å²) in [6, 6.07) is -0.465. The summed E-state index contributed by atoms with van der Waals surface area (Å²) in [5.41, 5.74) is 0.939. The van der Waals surface area contributed by atoms with Crippen molar-refractivity contribution in [2.75, 3.05) is 0 Å². The van der Waals surface area contributed by atoms with Gasteiger partial charge in [0.25, 0.3) is 0 Å². The lowest BCUT2D eigenvalue weighted by Crippen LogP contribution is -2.54. The lowest BCUT2D eigenvalue weighted by atomic mass is 10.00. The number of aryl methyl sites for hydroxylation is 1. The Morgan fingerprint density at radius 1 is 1.44 bits per heavy atom. The SMILES string of the molecule is CCC(C)(NC(=O)NCc1cscc1C)C(=O)O. The van der Waals surface area contributed by atoms with Gasteiger partial charge in [0.1, 0.15) is 5.54 Å². The molecule has 0 saturated carbocycles. The van der Waals surface area contributed by atoms with Gasteiger partial charge in [0, 0.05) is 6.54 Å². The summed E-state index contributed by atoms with van der Waals surface area (Å²) in [6.45, 7) is 5.58. The summed E-state index contributed by atoms with van der Waals surface area (Å²) in [7, 11) is 0. The summed E-state index contributed by atoms with van der Waals surface area (Å²) in [5, 5.41) is 18.1. The fraction of sp³-hybridized carbons (Fsp3) is 0.500. The van der Waals surface area contributed by atoms with Crippen molar-refractivity contribution in [2.45, 2.75) is 39.3 Å². The lowest BCUT2D eigenvalue weighted by Gasteiger charge is -2.24. The molecule has 3 N–H and O–H groups in total. The molecule has 0 bridgehead atoms. The number of urea groups is 1. The predicted molar refractivity (Wildman–Crippen MR) is 70.8 cm³/mol. The minimum Gasteiger partial charge on any atom is -0.480 e. The zero-order valence-corrected chi connectivity index (χ0v) is 11.6. The van der Waals surface area contributed by atoms with E-state index in [4.69, 9.17) is 5.11 Å². The Balaban J connectivity index is 2.52. The van der Waals surface area contributed by atoms with Crippen molar-refractivity contribution in [3.05, 3.63) is 21.9 Å². The molecule has 1 unspecified atom stereocenters. The number of carboxylic acid groups (broad SMARTS) is 1. The number of hydrogen-bond donors (Lipinski definition) is 3. The minimum absolute atomic E-state index is 0.327. The number of thiophene rings is 1. The standard InChI is InChI=1S/C12H18N2O3S/c1-4-12(3,10(15)16)14-11(17)13-5-9-7-18-6-8(9)2/h6-7H,4-5H2,1-3H3,(H,15,16)(H2,13,14,17). The molecule has 2 amide bonds. The van der Waals surface area contributed by atoms with Crippen molar-refractivity contribution in [1.82, 2.24) is 10.6 Å². The number of amides is 2. The van der Waals surface area contributed by atoms with Crippen molar-refractivity contribution in [3.63, 3.8) is 0 Å². The van der Waals surface area contributed by atoms with Crippen LogP contribution in [0.4, 0.5) is 4.79 Å². The maximum atomic E-state index is 11.6. The molecule has 0 aromatic carbocycles. The second-order valence-corrected chi connectivity index (χ2v) is 5.12. The average Bonchev–Trinajstić information content (AvgIpc) is 2.72. The van der Waals surface area contributed by atoms with Gasteiger partial charge < -0.3 is 15.7 Å². The van der Waals surface area contributed by atoms with Crippen LogP contribution in [-0.4, -0.2) is 22.6 Å². The van der Waals surface area contributed by atoms with Gasteiger partial charge in [0.15, 0.2) is 0 Å². The van der Waals surface area contributed by atoms with Crippen molar-refractivity contribution >= 4 is 23.3 Å². The van der Waals surface area contributed by atoms with Crippen LogP contribution in [-0.2, 0) is 11.3 Å². The average molecular weight is 270 g/mol. The normalized spacial score (nSPS) is 13.7. The predicted octanol–water partition coefficient (Wildman–Crippen LogP) is 2.11. The molecule has 0 spiro atoms. The highest BCUT2D eigenvalue weighted by Gasteiger charge is 2.32. The van der Waals surface area contributed by atoms with Crippen molar-refractivity contribution in [3.8, 4) is 0 Å². The first-order chi connectivity index (χ1) is 8.39. The van der Waals surface area contributed by atoms with E-state index in [2.05, 4.69) is 10.6 Å². The zero-order chi connectivity index (χ0) is 13.8. The van der Waals surface area contributed by atoms with E-state index >= 15 is 0 Å². The van der Waals surface area contributed by atoms with Crippen molar-refractivity contribution < 1.29 is 14.7 Å². The molecule has 1 aromatic rings. The Morgan fingerprint density at radius 2 is 2.11 bits per heavy atom. The van der Waals surface area contributed by atoms with Crippen LogP contribution < -0.4 is 10.6 Å². The Kier molecular flexibility index (Phi) is 4.72. The molecular formula is C12H18N2O3S. The molecule has 1 aromatic heterocycles. The summed E-state index contributed by atoms with van der Waals surface area (Å²) >= 11 is 1.57. The molecule has 5 nitrogen and oxygen atoms in total. The lowest BCUT2D eigenvalue weighted by molar-refractivity contribution is -0.143. The van der Waals surface area contributed by atoms with Gasteiger partial charge in [0.2, 0.25) is 0 Å². The number of carbonyl (C=O) groups is 2. The molecule has 0 saturated heterocycles. The molecule has 0 aliphatic rings. The van der Waals surface area contributed by atoms with Gasteiger partial charge in [-0.3, -0.25) is 0 Å². The Morgan fingerprint density at radius 3 is 2.56 bits per heavy atom. The maximum Gasteiger partial charge on any atom is 0.329 e. The van der Waals surface area contributed by atoms with Gasteiger partial charge in [-0.05, 0) is 42.2 Å². The minimum atomic E-state index is -1.23. The number of rotatable bonds is 5. The molecule has 18 heavy (non-hydrogen) atoms. The molecule has 1 rings (SSSR count). The van der Waals surface area contributed by atoms with E-state index in [0.717, 1.165) is 11.1 Å². The highest BCUT2D eigenvalue weighted by molar-refractivity contribution is 7.08. The van der Waals surface area contributed by atoms with E-state index in [1.54, 1.807) is 18.3 Å². The summed E-state index contributed by atoms with van der Waals surface area (Å²) in [4.78, 5) is 22.7. The molecule has 0 aliphatic carbocycles. The van der Waals surface area contributed by atoms with Gasteiger partial charge in [-0.1, -0.05) is 6.92 Å². The van der Waals surface area contributed by atoms with Crippen LogP contribution in [0.5, 0.6) is 0 Å². The highest BCUT2D eigenvalue weighted by atomic mass is 32.1. The Labute approximate surface area is 110 Å². The third-order valence-electron chi connectivity index (χ3n) is 2.97. The zero-order valence-electron chi connectivity index (χ0n) is 10.7. The van der Waals surface area contributed by atoms with Gasteiger partial charge in [-0.25, -0.2) is 9.59 Å². The van der Waals surface area contributed by atoms with E-state index in [1.807, 2.05) is 17.7 Å². The van der Waals surface area contributed by atoms with Crippen LogP contribution in [0, 0.1) is 6.92 Å². The van der Waals surface area contributed by atoms with E-state index in [0.29, 0.717) is 13.0 Å². The molecule has 0 aliphatic heterocycles. The molecule has 0 radical (unpaired) electrons. The number of hydrogen-bond acceptors (Lipinski definition) is 3. The summed E-state index contributed by atoms with van der Waals surface area (Å²) < 4.78 is 0. The van der Waals surface area contributed by atoms with Gasteiger partial charge in [0.05, 0.1) is 0 Å². The summed E-state index contributed by atoms with van der Waals surface area (Å²) in [6.07, 6.45) is 0.327. The molecular weight excluding hydrogens is 252 g/mol. The highest BCUT2D eigenvalue weighted by Crippen LogP contribution is 2.13. The van der Waals surface area contributed by atoms with E-state index in [1.165, 1.54) is 6.92 Å². The van der Waals surface area contributed by atoms with Gasteiger partial charge >= 0.3 is 12.0 Å². The largest absolute Gasteiger partial charge is 0.480 e. The third kappa shape index (κ3) is 3.46. The van der Waals surface area contributed by atoms with Crippen molar-refractivity contribution in [2.24, 2.45) is 0 Å². The van der Waals surface area contributed by atoms with Crippen LogP contribution in [0.3, 0.4) is 0 Å².